The molecular formula is C21H28Cl2N6. The molecule has 2 aromatic rings. The number of nitrogens with one attached hydrogen (secondary N) is 3. The van der Waals surface area contributed by atoms with E-state index in [1.165, 1.54) is 13.0 Å². The van der Waals surface area contributed by atoms with Crippen LogP contribution in [0.3, 0.4) is 0 Å². The number of anilines is 3. The molecule has 8 heteroatoms. The maximum absolute atomic E-state index is 8.41. The fourth-order valence-corrected chi connectivity index (χ4v) is 3.81. The highest BCUT2D eigenvalue weighted by atomic mass is 35.5. The highest BCUT2D eigenvalue weighted by Gasteiger charge is 2.19. The van der Waals surface area contributed by atoms with Gasteiger partial charge in [0, 0.05) is 42.8 Å². The molecular weight excluding hydrogens is 407 g/mol. The Morgan fingerprint density at radius 3 is 2.76 bits per heavy atom. The quantitative estimate of drug-likeness (QED) is 0.452. The van der Waals surface area contributed by atoms with Gasteiger partial charge in [0.2, 0.25) is 5.96 Å². The second kappa shape index (κ2) is 9.65. The molecule has 0 bridgehead atoms. The lowest BCUT2D eigenvalue weighted by atomic mass is 10.1. The van der Waals surface area contributed by atoms with Crippen molar-refractivity contribution < 1.29 is 0 Å². The first kappa shape index (κ1) is 21.7. The van der Waals surface area contributed by atoms with E-state index in [1.807, 2.05) is 20.0 Å². The lowest BCUT2D eigenvalue weighted by molar-refractivity contribution is 0.227. The number of likely N-dealkylation sites (tertiary alicyclic amines) is 1. The van der Waals surface area contributed by atoms with Gasteiger partial charge in [-0.3, -0.25) is 5.41 Å². The predicted octanol–water partition coefficient (Wildman–Crippen LogP) is 5.08. The molecule has 1 aromatic carbocycles. The summed E-state index contributed by atoms with van der Waals surface area (Å²) in [6, 6.07) is 9.66. The van der Waals surface area contributed by atoms with Crippen molar-refractivity contribution in [3.8, 4) is 0 Å². The molecule has 3 N–H and O–H groups in total. The molecule has 29 heavy (non-hydrogen) atoms. The minimum Gasteiger partial charge on any atom is -0.381 e. The topological polar surface area (TPSA) is 67.3 Å². The van der Waals surface area contributed by atoms with E-state index in [1.54, 1.807) is 23.1 Å². The summed E-state index contributed by atoms with van der Waals surface area (Å²) in [5, 5.41) is 16.0. The normalized spacial score (nSPS) is 17.1. The number of pyridine rings is 1. The summed E-state index contributed by atoms with van der Waals surface area (Å²) < 4.78 is 0. The Balaban J connectivity index is 1.70. The molecule has 0 amide bonds. The fraction of sp³-hybridized carbons (Fsp3) is 0.429. The molecule has 3 rings (SSSR count). The van der Waals surface area contributed by atoms with E-state index < -0.39 is 0 Å². The van der Waals surface area contributed by atoms with Gasteiger partial charge in [-0.1, -0.05) is 30.1 Å². The van der Waals surface area contributed by atoms with Crippen LogP contribution in [0.1, 0.15) is 25.5 Å². The molecule has 2 heterocycles. The van der Waals surface area contributed by atoms with Crippen LogP contribution < -0.4 is 15.5 Å². The molecule has 6 nitrogen and oxygen atoms in total. The summed E-state index contributed by atoms with van der Waals surface area (Å²) in [6.45, 7) is 7.49. The van der Waals surface area contributed by atoms with Crippen molar-refractivity contribution in [2.45, 2.75) is 32.7 Å². The molecule has 1 aliphatic rings. The van der Waals surface area contributed by atoms with Gasteiger partial charge < -0.3 is 20.4 Å². The number of rotatable bonds is 5. The Bertz CT molecular complexity index is 872. The molecule has 1 unspecified atom stereocenters. The lowest BCUT2D eigenvalue weighted by Crippen LogP contribution is -2.41. The number of nitrogens with zero attached hydrogens (tertiary/aromatic N) is 3. The maximum Gasteiger partial charge on any atom is 0.201 e. The van der Waals surface area contributed by atoms with Crippen LogP contribution in [0.15, 0.2) is 30.3 Å². The van der Waals surface area contributed by atoms with Crippen molar-refractivity contribution >= 4 is 46.4 Å². The Kier molecular flexibility index (Phi) is 7.22. The number of aryl methyl sites for hydroxylation is 1. The highest BCUT2D eigenvalue weighted by Crippen LogP contribution is 2.26. The number of likely N-dealkylation sites (N-methyl/N-ethyl adjacent to an activating group) is 1. The number of aromatic nitrogens is 1. The van der Waals surface area contributed by atoms with Crippen LogP contribution in [0.2, 0.25) is 10.0 Å². The van der Waals surface area contributed by atoms with Crippen molar-refractivity contribution in [2.24, 2.45) is 0 Å². The maximum atomic E-state index is 8.41. The van der Waals surface area contributed by atoms with Crippen molar-refractivity contribution in [2.75, 3.05) is 42.2 Å². The van der Waals surface area contributed by atoms with E-state index in [9.17, 15) is 0 Å². The molecule has 1 aliphatic heterocycles. The molecule has 1 fully saturated rings. The third kappa shape index (κ3) is 5.75. The van der Waals surface area contributed by atoms with Crippen molar-refractivity contribution in [3.63, 3.8) is 0 Å². The number of guanidine groups is 1. The Morgan fingerprint density at radius 2 is 2.03 bits per heavy atom. The van der Waals surface area contributed by atoms with Gasteiger partial charge in [0.1, 0.15) is 5.82 Å². The van der Waals surface area contributed by atoms with Crippen LogP contribution >= 0.6 is 23.2 Å². The summed E-state index contributed by atoms with van der Waals surface area (Å²) >= 11 is 12.0. The van der Waals surface area contributed by atoms with Crippen LogP contribution in [0.4, 0.5) is 17.2 Å². The van der Waals surface area contributed by atoms with Crippen LogP contribution in [-0.2, 0) is 0 Å². The first-order valence-electron chi connectivity index (χ1n) is 9.87. The van der Waals surface area contributed by atoms with E-state index in [4.69, 9.17) is 28.6 Å². The van der Waals surface area contributed by atoms with Gasteiger partial charge in [-0.25, -0.2) is 4.98 Å². The molecule has 156 valence electrons. The largest absolute Gasteiger partial charge is 0.381 e. The SMILES string of the molecule is CCN1CCCC(Nc2cc(C)nc(N(C)C(=N)Nc3ccc(Cl)c(Cl)c3)c2)C1. The monoisotopic (exact) mass is 434 g/mol. The minimum absolute atomic E-state index is 0.197. The third-order valence-corrected chi connectivity index (χ3v) is 5.86. The van der Waals surface area contributed by atoms with Gasteiger partial charge in [0.25, 0.3) is 0 Å². The molecule has 0 aliphatic carbocycles. The number of hydrogen-bond donors (Lipinski definition) is 3. The molecule has 0 spiro atoms. The minimum atomic E-state index is 0.197. The summed E-state index contributed by atoms with van der Waals surface area (Å²) in [4.78, 5) is 8.78. The number of hydrogen-bond acceptors (Lipinski definition) is 4. The Morgan fingerprint density at radius 1 is 1.24 bits per heavy atom. The summed E-state index contributed by atoms with van der Waals surface area (Å²) in [5.41, 5.74) is 2.64. The first-order chi connectivity index (χ1) is 13.9. The number of benzene rings is 1. The predicted molar refractivity (Wildman–Crippen MR) is 124 cm³/mol. The molecule has 1 saturated heterocycles. The third-order valence-electron chi connectivity index (χ3n) is 5.12. The Hall–Kier alpha value is -2.02. The first-order valence-corrected chi connectivity index (χ1v) is 10.6. The van der Waals surface area contributed by atoms with Crippen LogP contribution in [0, 0.1) is 12.3 Å². The summed E-state index contributed by atoms with van der Waals surface area (Å²) in [6.07, 6.45) is 2.37. The van der Waals surface area contributed by atoms with Crippen molar-refractivity contribution in [3.05, 3.63) is 46.1 Å². The Labute approximate surface area is 182 Å². The van der Waals surface area contributed by atoms with E-state index in [2.05, 4.69) is 33.5 Å². The summed E-state index contributed by atoms with van der Waals surface area (Å²) in [7, 11) is 1.82. The summed E-state index contributed by atoms with van der Waals surface area (Å²) in [5.74, 6) is 0.899. The van der Waals surface area contributed by atoms with Gasteiger partial charge in [0.05, 0.1) is 10.0 Å². The zero-order chi connectivity index (χ0) is 21.0. The van der Waals surface area contributed by atoms with E-state index in [-0.39, 0.29) is 5.96 Å². The average Bonchev–Trinajstić information content (AvgIpc) is 2.69. The zero-order valence-corrected chi connectivity index (χ0v) is 18.6. The number of piperidine rings is 1. The fourth-order valence-electron chi connectivity index (χ4n) is 3.51. The highest BCUT2D eigenvalue weighted by molar-refractivity contribution is 6.42. The second-order valence-corrected chi connectivity index (χ2v) is 8.21. The van der Waals surface area contributed by atoms with Crippen LogP contribution in [0.5, 0.6) is 0 Å². The van der Waals surface area contributed by atoms with Gasteiger partial charge in [-0.2, -0.15) is 0 Å². The average molecular weight is 435 g/mol. The van der Waals surface area contributed by atoms with Gasteiger partial charge in [0.15, 0.2) is 0 Å². The van der Waals surface area contributed by atoms with Crippen molar-refractivity contribution in [1.29, 1.82) is 5.41 Å². The number of halogens is 2. The lowest BCUT2D eigenvalue weighted by Gasteiger charge is -2.33. The van der Waals surface area contributed by atoms with E-state index in [0.717, 1.165) is 30.9 Å². The molecule has 0 radical (unpaired) electrons. The standard InChI is InChI=1S/C21H28Cl2N6/c1-4-29-9-5-6-16(13-29)26-17-10-14(2)25-20(12-17)28(3)21(24)27-15-7-8-18(22)19(23)11-15/h7-8,10-12,16H,4-6,9,13H2,1-3H3,(H2,24,27)(H,25,26). The smallest absolute Gasteiger partial charge is 0.201 e. The van der Waals surface area contributed by atoms with E-state index >= 15 is 0 Å². The van der Waals surface area contributed by atoms with Crippen LogP contribution in [0.25, 0.3) is 0 Å². The van der Waals surface area contributed by atoms with Crippen molar-refractivity contribution in [1.82, 2.24) is 9.88 Å². The van der Waals surface area contributed by atoms with Crippen LogP contribution in [-0.4, -0.2) is 48.6 Å². The van der Waals surface area contributed by atoms with Gasteiger partial charge in [-0.15, -0.1) is 0 Å². The van der Waals surface area contributed by atoms with E-state index in [0.29, 0.717) is 27.6 Å². The van der Waals surface area contributed by atoms with Gasteiger partial charge >= 0.3 is 0 Å². The molecule has 0 saturated carbocycles. The second-order valence-electron chi connectivity index (χ2n) is 7.39. The molecule has 1 atom stereocenters. The van der Waals surface area contributed by atoms with Gasteiger partial charge in [-0.05, 0) is 57.1 Å². The zero-order valence-electron chi connectivity index (χ0n) is 17.1. The molecule has 1 aromatic heterocycles.